The highest BCUT2D eigenvalue weighted by atomic mass is 16.5. The van der Waals surface area contributed by atoms with Gasteiger partial charge in [0.05, 0.1) is 54.8 Å². The Balaban J connectivity index is 2.25. The first-order valence-electron chi connectivity index (χ1n) is 18.7. The maximum Gasteiger partial charge on any atom is 0.244 e. The molecule has 0 aliphatic carbocycles. The number of nitrogens with zero attached hydrogens (tertiary/aromatic N) is 2. The van der Waals surface area contributed by atoms with E-state index in [4.69, 9.17) is 9.47 Å². The molecule has 1 aliphatic rings. The van der Waals surface area contributed by atoms with E-state index < -0.39 is 42.4 Å². The fourth-order valence-electron chi connectivity index (χ4n) is 7.75. The molecule has 1 aliphatic heterocycles. The molecule has 0 spiro atoms. The molecule has 10 atom stereocenters. The van der Waals surface area contributed by atoms with Gasteiger partial charge in [0.15, 0.2) is 0 Å². The number of ether oxygens (including phenoxy) is 2. The molecule has 4 amide bonds. The molecule has 0 radical (unpaired) electrons. The summed E-state index contributed by atoms with van der Waals surface area (Å²) in [5.41, 5.74) is 0.713. The van der Waals surface area contributed by atoms with Crippen LogP contribution in [0.2, 0.25) is 0 Å². The molecule has 0 bridgehead atoms. The van der Waals surface area contributed by atoms with Crippen LogP contribution in [0.15, 0.2) is 30.3 Å². The first kappa shape index (κ1) is 44.3. The molecule has 9 unspecified atom stereocenters. The van der Waals surface area contributed by atoms with Crippen molar-refractivity contribution in [3.63, 3.8) is 0 Å². The fourth-order valence-corrected chi connectivity index (χ4v) is 7.75. The average molecular weight is 718 g/mol. The third-order valence-corrected chi connectivity index (χ3v) is 10.8. The zero-order valence-electron chi connectivity index (χ0n) is 33.1. The van der Waals surface area contributed by atoms with E-state index in [-0.39, 0.29) is 59.9 Å². The van der Waals surface area contributed by atoms with Gasteiger partial charge in [0.25, 0.3) is 0 Å². The van der Waals surface area contributed by atoms with Crippen molar-refractivity contribution in [1.29, 1.82) is 0 Å². The topological polar surface area (TPSA) is 150 Å². The number of benzene rings is 1. The van der Waals surface area contributed by atoms with E-state index in [2.05, 4.69) is 29.8 Å². The highest BCUT2D eigenvalue weighted by Crippen LogP contribution is 2.30. The van der Waals surface area contributed by atoms with E-state index >= 15 is 0 Å². The van der Waals surface area contributed by atoms with E-state index in [1.807, 2.05) is 74.9 Å². The fraction of sp³-hybridized carbons (Fsp3) is 0.744. The highest BCUT2D eigenvalue weighted by molar-refractivity contribution is 6.00. The molecular weight excluding hydrogens is 650 g/mol. The summed E-state index contributed by atoms with van der Waals surface area (Å²) in [6.45, 7) is 16.0. The Morgan fingerprint density at radius 3 is 2.08 bits per heavy atom. The van der Waals surface area contributed by atoms with E-state index in [0.717, 1.165) is 12.8 Å². The molecule has 0 aromatic heterocycles. The van der Waals surface area contributed by atoms with Gasteiger partial charge in [-0.15, -0.1) is 0 Å². The summed E-state index contributed by atoms with van der Waals surface area (Å²) in [4.78, 5) is 58.1. The minimum absolute atomic E-state index is 0.00429. The Hall–Kier alpha value is -2.90. The number of carbonyl (C=O) groups is 4. The number of likely N-dealkylation sites (tertiary alicyclic amines) is 1. The lowest BCUT2D eigenvalue weighted by Crippen LogP contribution is -2.60. The summed E-state index contributed by atoms with van der Waals surface area (Å²) in [5.74, 6) is -1.80. The first-order chi connectivity index (χ1) is 24.0. The van der Waals surface area contributed by atoms with Crippen LogP contribution in [0.3, 0.4) is 0 Å². The summed E-state index contributed by atoms with van der Waals surface area (Å²) in [6.07, 6.45) is 0.326. The van der Waals surface area contributed by atoms with Gasteiger partial charge in [-0.3, -0.25) is 29.4 Å². The first-order valence-corrected chi connectivity index (χ1v) is 18.7. The van der Waals surface area contributed by atoms with E-state index in [1.165, 1.54) is 0 Å². The molecule has 1 aromatic rings. The predicted molar refractivity (Wildman–Crippen MR) is 200 cm³/mol. The van der Waals surface area contributed by atoms with Crippen molar-refractivity contribution in [2.45, 2.75) is 130 Å². The van der Waals surface area contributed by atoms with Gasteiger partial charge in [-0.25, -0.2) is 0 Å². The van der Waals surface area contributed by atoms with Crippen molar-refractivity contribution >= 4 is 23.6 Å². The summed E-state index contributed by atoms with van der Waals surface area (Å²) >= 11 is 0. The second-order valence-corrected chi connectivity index (χ2v) is 15.0. The lowest BCUT2D eigenvalue weighted by atomic mass is 9.87. The molecule has 1 saturated heterocycles. The zero-order valence-corrected chi connectivity index (χ0v) is 33.1. The van der Waals surface area contributed by atoms with Gasteiger partial charge in [0.1, 0.15) is 0 Å². The lowest BCUT2D eigenvalue weighted by Gasteiger charge is -2.43. The standard InChI is InChI=1S/C39H67N5O7/c1-13-25(6)34(43(10)33(24(4)5)39(49)42-38(48)32(40-9)23(2)3)30(50-11)22-31(45)44-21-17-20-29(44)36(51-12)26(7)37(47)41-27(8)35(46)28-18-15-14-16-19-28/h14-16,18-19,23-27,29-30,32-36,40,46H,13,17,20-22H2,1-12H3,(H,41,47)(H,42,48,49)/t25?,26?,27?,29-,30?,32?,33?,34?,35?,36?/m0/s1. The van der Waals surface area contributed by atoms with Crippen LogP contribution in [-0.4, -0.2) is 116 Å². The number of hydrogen-bond donors (Lipinski definition) is 4. The van der Waals surface area contributed by atoms with Crippen LogP contribution in [-0.2, 0) is 28.7 Å². The molecule has 1 heterocycles. The quantitative estimate of drug-likeness (QED) is 0.159. The van der Waals surface area contributed by atoms with Gasteiger partial charge in [-0.2, -0.15) is 0 Å². The molecular formula is C39H67N5O7. The predicted octanol–water partition coefficient (Wildman–Crippen LogP) is 3.53. The molecule has 4 N–H and O–H groups in total. The van der Waals surface area contributed by atoms with Gasteiger partial charge in [0, 0.05) is 26.8 Å². The van der Waals surface area contributed by atoms with E-state index in [9.17, 15) is 24.3 Å². The number of nitrogens with one attached hydrogen (secondary N) is 3. The van der Waals surface area contributed by atoms with Crippen LogP contribution in [0, 0.1) is 23.7 Å². The lowest BCUT2D eigenvalue weighted by molar-refractivity contribution is -0.144. The number of aliphatic hydroxyl groups excluding tert-OH is 1. The smallest absolute Gasteiger partial charge is 0.244 e. The number of aliphatic hydroxyl groups is 1. The molecule has 12 heteroatoms. The van der Waals surface area contributed by atoms with Crippen molar-refractivity contribution in [3.05, 3.63) is 35.9 Å². The summed E-state index contributed by atoms with van der Waals surface area (Å²) in [5, 5.41) is 19.4. The molecule has 1 aromatic carbocycles. The third-order valence-electron chi connectivity index (χ3n) is 10.8. The molecule has 290 valence electrons. The van der Waals surface area contributed by atoms with Gasteiger partial charge < -0.3 is 30.1 Å². The Morgan fingerprint density at radius 1 is 0.941 bits per heavy atom. The monoisotopic (exact) mass is 718 g/mol. The number of hydrogen-bond acceptors (Lipinski definition) is 9. The zero-order chi connectivity index (χ0) is 38.6. The second kappa shape index (κ2) is 21.0. The number of methoxy groups -OCH3 is 2. The third kappa shape index (κ3) is 11.5. The van der Waals surface area contributed by atoms with Crippen molar-refractivity contribution in [1.82, 2.24) is 25.8 Å². The van der Waals surface area contributed by atoms with E-state index in [1.54, 1.807) is 35.1 Å². The van der Waals surface area contributed by atoms with Crippen LogP contribution in [0.1, 0.15) is 92.7 Å². The minimum Gasteiger partial charge on any atom is -0.386 e. The molecule has 2 rings (SSSR count). The van der Waals surface area contributed by atoms with Crippen LogP contribution in [0.4, 0.5) is 0 Å². The number of imide groups is 1. The van der Waals surface area contributed by atoms with Crippen molar-refractivity contribution in [2.75, 3.05) is 34.9 Å². The van der Waals surface area contributed by atoms with Crippen molar-refractivity contribution in [3.8, 4) is 0 Å². The van der Waals surface area contributed by atoms with Crippen LogP contribution in [0.5, 0.6) is 0 Å². The Kier molecular flexibility index (Phi) is 18.2. The molecule has 12 nitrogen and oxygen atoms in total. The van der Waals surface area contributed by atoms with Gasteiger partial charge in [0.2, 0.25) is 23.6 Å². The SMILES string of the molecule is CCC(C)C(C(CC(=O)N1CCC[C@H]1C(OC)C(C)C(=O)NC(C)C(O)c1ccccc1)OC)N(C)C(C(=O)NC(=O)C(NC)C(C)C)C(C)C. The average Bonchev–Trinajstić information content (AvgIpc) is 3.57. The summed E-state index contributed by atoms with van der Waals surface area (Å²) < 4.78 is 12.0. The van der Waals surface area contributed by atoms with Gasteiger partial charge in [-0.1, -0.05) is 85.2 Å². The number of amides is 4. The Morgan fingerprint density at radius 2 is 1.57 bits per heavy atom. The summed E-state index contributed by atoms with van der Waals surface area (Å²) in [6, 6.07) is 6.86. The van der Waals surface area contributed by atoms with Gasteiger partial charge in [-0.05, 0) is 57.2 Å². The van der Waals surface area contributed by atoms with E-state index in [0.29, 0.717) is 18.5 Å². The number of rotatable bonds is 20. The molecule has 1 fully saturated rings. The second-order valence-electron chi connectivity index (χ2n) is 15.0. The van der Waals surface area contributed by atoms with Crippen LogP contribution in [0.25, 0.3) is 0 Å². The normalized spacial score (nSPS) is 20.3. The van der Waals surface area contributed by atoms with Crippen molar-refractivity contribution in [2.24, 2.45) is 23.7 Å². The molecule has 51 heavy (non-hydrogen) atoms. The minimum atomic E-state index is -0.873. The Labute approximate surface area is 306 Å². The maximum absolute atomic E-state index is 14.2. The maximum atomic E-state index is 14.2. The Bertz CT molecular complexity index is 1250. The highest BCUT2D eigenvalue weighted by Gasteiger charge is 2.43. The van der Waals surface area contributed by atoms with Gasteiger partial charge >= 0.3 is 0 Å². The number of likely N-dealkylation sites (N-methyl/N-ethyl adjacent to an activating group) is 2. The largest absolute Gasteiger partial charge is 0.386 e. The van der Waals surface area contributed by atoms with Crippen molar-refractivity contribution < 1.29 is 33.8 Å². The van der Waals surface area contributed by atoms with Crippen LogP contribution >= 0.6 is 0 Å². The van der Waals surface area contributed by atoms with Crippen LogP contribution < -0.4 is 16.0 Å². The molecule has 0 saturated carbocycles. The summed E-state index contributed by atoms with van der Waals surface area (Å²) in [7, 11) is 6.72. The number of carbonyl (C=O) groups excluding carboxylic acids is 4.